The van der Waals surface area contributed by atoms with Crippen molar-refractivity contribution >= 4 is 38.7 Å². The number of nitrogens with one attached hydrogen (secondary N) is 2. The number of carboxylic acids is 1. The predicted octanol–water partition coefficient (Wildman–Crippen LogP) is 1.03. The number of thiazole rings is 1. The molecule has 0 amide bonds. The molecule has 3 rings (SSSR count). The number of hydrogen-bond donors (Lipinski definition) is 3. The van der Waals surface area contributed by atoms with Crippen LogP contribution in [0.25, 0.3) is 0 Å². The SMILES string of the molecule is O=C(O)c1c(S(=O)(=O)NCc2nccs2)sc2c1CCNC2. The summed E-state index contributed by atoms with van der Waals surface area (Å²) in [5.74, 6) is -1.20. The van der Waals surface area contributed by atoms with Crippen LogP contribution in [-0.2, 0) is 29.5 Å². The molecule has 0 bridgehead atoms. The molecule has 0 atom stereocenters. The van der Waals surface area contributed by atoms with Crippen LogP contribution < -0.4 is 10.0 Å². The van der Waals surface area contributed by atoms with Crippen molar-refractivity contribution in [3.05, 3.63) is 32.6 Å². The predicted molar refractivity (Wildman–Crippen MR) is 82.8 cm³/mol. The zero-order valence-electron chi connectivity index (χ0n) is 11.3. The Kier molecular flexibility index (Phi) is 4.28. The molecule has 1 aliphatic heterocycles. The summed E-state index contributed by atoms with van der Waals surface area (Å²) in [5, 5.41) is 14.9. The smallest absolute Gasteiger partial charge is 0.338 e. The van der Waals surface area contributed by atoms with Gasteiger partial charge >= 0.3 is 5.97 Å². The molecule has 22 heavy (non-hydrogen) atoms. The van der Waals surface area contributed by atoms with Gasteiger partial charge < -0.3 is 10.4 Å². The number of sulfonamides is 1. The highest BCUT2D eigenvalue weighted by Crippen LogP contribution is 2.34. The second-order valence-electron chi connectivity index (χ2n) is 4.65. The van der Waals surface area contributed by atoms with Gasteiger partial charge in [-0.05, 0) is 18.5 Å². The summed E-state index contributed by atoms with van der Waals surface area (Å²) in [6, 6.07) is 0. The molecule has 0 radical (unpaired) electrons. The first-order chi connectivity index (χ1) is 10.5. The largest absolute Gasteiger partial charge is 0.478 e. The number of fused-ring (bicyclic) bond motifs is 1. The van der Waals surface area contributed by atoms with E-state index in [-0.39, 0.29) is 16.3 Å². The van der Waals surface area contributed by atoms with Crippen LogP contribution in [0.3, 0.4) is 0 Å². The van der Waals surface area contributed by atoms with E-state index in [1.165, 1.54) is 11.3 Å². The third-order valence-corrected chi connectivity index (χ3v) is 7.18. The molecule has 0 saturated carbocycles. The number of aromatic carboxylic acids is 1. The Bertz CT molecular complexity index is 796. The lowest BCUT2D eigenvalue weighted by Crippen LogP contribution is -2.25. The highest BCUT2D eigenvalue weighted by Gasteiger charge is 2.31. The van der Waals surface area contributed by atoms with Crippen molar-refractivity contribution in [3.63, 3.8) is 0 Å². The summed E-state index contributed by atoms with van der Waals surface area (Å²) in [6.45, 7) is 1.21. The zero-order valence-corrected chi connectivity index (χ0v) is 13.8. The number of rotatable bonds is 5. The third-order valence-electron chi connectivity index (χ3n) is 3.25. The second-order valence-corrected chi connectivity index (χ2v) is 8.70. The zero-order chi connectivity index (χ0) is 15.7. The minimum atomic E-state index is -3.88. The molecule has 2 aromatic heterocycles. The van der Waals surface area contributed by atoms with Crippen LogP contribution in [0.2, 0.25) is 0 Å². The van der Waals surface area contributed by atoms with Gasteiger partial charge in [-0.25, -0.2) is 22.9 Å². The molecule has 118 valence electrons. The summed E-state index contributed by atoms with van der Waals surface area (Å²) in [5.41, 5.74) is 0.541. The average Bonchev–Trinajstić information content (AvgIpc) is 3.12. The molecule has 3 heterocycles. The highest BCUT2D eigenvalue weighted by molar-refractivity contribution is 7.91. The van der Waals surface area contributed by atoms with E-state index in [2.05, 4.69) is 15.0 Å². The fourth-order valence-corrected chi connectivity index (χ4v) is 5.82. The Balaban J connectivity index is 1.95. The molecule has 3 N–H and O–H groups in total. The molecule has 1 aliphatic rings. The minimum Gasteiger partial charge on any atom is -0.478 e. The monoisotopic (exact) mass is 359 g/mol. The number of thiophene rings is 1. The first-order valence-electron chi connectivity index (χ1n) is 6.45. The maximum Gasteiger partial charge on any atom is 0.338 e. The van der Waals surface area contributed by atoms with Crippen LogP contribution in [0.1, 0.15) is 25.8 Å². The Morgan fingerprint density at radius 2 is 2.32 bits per heavy atom. The standard InChI is InChI=1S/C12H13N3O4S3/c16-11(17)10-7-1-2-13-5-8(7)21-12(10)22(18,19)15-6-9-14-3-4-20-9/h3-4,13,15H,1-2,5-6H2,(H,16,17). The van der Waals surface area contributed by atoms with E-state index in [1.54, 1.807) is 11.6 Å². The van der Waals surface area contributed by atoms with E-state index in [9.17, 15) is 18.3 Å². The molecule has 7 nitrogen and oxygen atoms in total. The van der Waals surface area contributed by atoms with Crippen molar-refractivity contribution in [2.45, 2.75) is 23.7 Å². The number of carbonyl (C=O) groups is 1. The summed E-state index contributed by atoms with van der Waals surface area (Å²) in [7, 11) is -3.88. The van der Waals surface area contributed by atoms with Gasteiger partial charge in [-0.1, -0.05) is 0 Å². The quantitative estimate of drug-likeness (QED) is 0.736. The number of carboxylic acid groups (broad SMARTS) is 1. The first kappa shape index (κ1) is 15.6. The molecule has 0 aromatic carbocycles. The first-order valence-corrected chi connectivity index (χ1v) is 9.63. The van der Waals surface area contributed by atoms with Gasteiger partial charge in [0.1, 0.15) is 9.22 Å². The Morgan fingerprint density at radius 1 is 1.50 bits per heavy atom. The Hall–Kier alpha value is -1.33. The molecule has 0 aliphatic carbocycles. The van der Waals surface area contributed by atoms with Gasteiger partial charge in [0, 0.05) is 23.0 Å². The highest BCUT2D eigenvalue weighted by atomic mass is 32.2. The number of nitrogens with zero attached hydrogens (tertiary/aromatic N) is 1. The normalized spacial score (nSPS) is 14.7. The van der Waals surface area contributed by atoms with Gasteiger partial charge in [0.25, 0.3) is 10.0 Å². The number of hydrogen-bond acceptors (Lipinski definition) is 7. The van der Waals surface area contributed by atoms with Crippen LogP contribution >= 0.6 is 22.7 Å². The van der Waals surface area contributed by atoms with Crippen LogP contribution in [0.15, 0.2) is 15.8 Å². The van der Waals surface area contributed by atoms with Crippen molar-refractivity contribution in [1.29, 1.82) is 0 Å². The van der Waals surface area contributed by atoms with E-state index in [0.29, 0.717) is 30.1 Å². The Morgan fingerprint density at radius 3 is 3.00 bits per heavy atom. The van der Waals surface area contributed by atoms with Gasteiger partial charge in [0.05, 0.1) is 12.1 Å². The van der Waals surface area contributed by atoms with Crippen LogP contribution in [-0.4, -0.2) is 31.0 Å². The maximum absolute atomic E-state index is 12.5. The van der Waals surface area contributed by atoms with Gasteiger partial charge in [-0.2, -0.15) is 0 Å². The molecule has 0 unspecified atom stereocenters. The Labute approximate surface area is 135 Å². The lowest BCUT2D eigenvalue weighted by molar-refractivity contribution is 0.0692. The van der Waals surface area contributed by atoms with Crippen molar-refractivity contribution in [1.82, 2.24) is 15.0 Å². The van der Waals surface area contributed by atoms with Gasteiger partial charge in [0.2, 0.25) is 0 Å². The molecule has 0 spiro atoms. The topological polar surface area (TPSA) is 108 Å². The van der Waals surface area contributed by atoms with E-state index in [1.807, 2.05) is 0 Å². The molecular formula is C12H13N3O4S3. The van der Waals surface area contributed by atoms with E-state index in [0.717, 1.165) is 16.2 Å². The van der Waals surface area contributed by atoms with E-state index in [4.69, 9.17) is 0 Å². The van der Waals surface area contributed by atoms with Gasteiger partial charge in [-0.3, -0.25) is 0 Å². The van der Waals surface area contributed by atoms with Crippen molar-refractivity contribution in [2.75, 3.05) is 6.54 Å². The average molecular weight is 359 g/mol. The fraction of sp³-hybridized carbons (Fsp3) is 0.333. The minimum absolute atomic E-state index is 0.0554. The van der Waals surface area contributed by atoms with E-state index < -0.39 is 16.0 Å². The van der Waals surface area contributed by atoms with Crippen molar-refractivity contribution in [3.8, 4) is 0 Å². The van der Waals surface area contributed by atoms with Crippen LogP contribution in [0, 0.1) is 0 Å². The number of aromatic nitrogens is 1. The summed E-state index contributed by atoms with van der Waals surface area (Å²) in [6.07, 6.45) is 2.11. The van der Waals surface area contributed by atoms with E-state index >= 15 is 0 Å². The molecule has 0 fully saturated rings. The van der Waals surface area contributed by atoms with Crippen LogP contribution in [0.4, 0.5) is 0 Å². The lowest BCUT2D eigenvalue weighted by atomic mass is 10.1. The van der Waals surface area contributed by atoms with Crippen molar-refractivity contribution < 1.29 is 18.3 Å². The summed E-state index contributed by atoms with van der Waals surface area (Å²) < 4.78 is 27.2. The third kappa shape index (κ3) is 2.92. The van der Waals surface area contributed by atoms with Gasteiger partial charge in [-0.15, -0.1) is 22.7 Å². The maximum atomic E-state index is 12.5. The lowest BCUT2D eigenvalue weighted by Gasteiger charge is -2.12. The second kappa shape index (κ2) is 6.05. The van der Waals surface area contributed by atoms with Gasteiger partial charge in [0.15, 0.2) is 0 Å². The summed E-state index contributed by atoms with van der Waals surface area (Å²) >= 11 is 2.36. The van der Waals surface area contributed by atoms with Crippen LogP contribution in [0.5, 0.6) is 0 Å². The molecule has 0 saturated heterocycles. The fourth-order valence-electron chi connectivity index (χ4n) is 2.28. The molecule has 2 aromatic rings. The molecular weight excluding hydrogens is 346 g/mol. The molecule has 10 heteroatoms. The summed E-state index contributed by atoms with van der Waals surface area (Å²) in [4.78, 5) is 16.3. The van der Waals surface area contributed by atoms with Crippen molar-refractivity contribution in [2.24, 2.45) is 0 Å².